The quantitative estimate of drug-likeness (QED) is 0.146. The highest BCUT2D eigenvalue weighted by atomic mass is 16.6. The van der Waals surface area contributed by atoms with Crippen molar-refractivity contribution in [1.82, 2.24) is 0 Å². The number of carbonyl (C=O) groups is 6. The van der Waals surface area contributed by atoms with Gasteiger partial charge in [0.05, 0.1) is 12.8 Å². The number of carboxylic acid groups (broad SMARTS) is 2. The van der Waals surface area contributed by atoms with Crippen LogP contribution in [0.25, 0.3) is 0 Å². The van der Waals surface area contributed by atoms with E-state index >= 15 is 0 Å². The van der Waals surface area contributed by atoms with Gasteiger partial charge in [0.25, 0.3) is 0 Å². The molecule has 3 unspecified atom stereocenters. The third kappa shape index (κ3) is 15.6. The van der Waals surface area contributed by atoms with Gasteiger partial charge in [0.2, 0.25) is 0 Å². The van der Waals surface area contributed by atoms with Crippen LogP contribution in [0.2, 0.25) is 0 Å². The molecule has 0 aromatic carbocycles. The maximum Gasteiger partial charge on any atom is 0.330 e. The van der Waals surface area contributed by atoms with Gasteiger partial charge < -0.3 is 36.9 Å². The van der Waals surface area contributed by atoms with Crippen molar-refractivity contribution in [3.63, 3.8) is 0 Å². The molecule has 3 atom stereocenters. The Hall–Kier alpha value is -2.90. The first-order valence-corrected chi connectivity index (χ1v) is 9.59. The summed E-state index contributed by atoms with van der Waals surface area (Å²) in [7, 11) is 0. The molecule has 0 aromatic rings. The van der Waals surface area contributed by atoms with Gasteiger partial charge in [-0.05, 0) is 25.7 Å². The van der Waals surface area contributed by atoms with Crippen LogP contribution in [0.3, 0.4) is 0 Å². The fourth-order valence-electron chi connectivity index (χ4n) is 2.28. The monoisotopic (exact) mass is 447 g/mol. The van der Waals surface area contributed by atoms with E-state index in [-0.39, 0.29) is 57.8 Å². The van der Waals surface area contributed by atoms with Gasteiger partial charge in [-0.3, -0.25) is 24.0 Å². The van der Waals surface area contributed by atoms with Crippen molar-refractivity contribution >= 4 is 35.8 Å². The molecule has 0 aliphatic heterocycles. The van der Waals surface area contributed by atoms with Crippen molar-refractivity contribution in [2.24, 2.45) is 17.2 Å². The average Bonchev–Trinajstić information content (AvgIpc) is 2.64. The van der Waals surface area contributed by atoms with Gasteiger partial charge in [0.15, 0.2) is 0 Å². The molecule has 13 nitrogen and oxygen atoms in total. The maximum atomic E-state index is 11.8. The number of esters is 4. The third-order valence-corrected chi connectivity index (χ3v) is 3.96. The van der Waals surface area contributed by atoms with Crippen molar-refractivity contribution in [3.8, 4) is 0 Å². The minimum absolute atomic E-state index is 0.0292. The second kappa shape index (κ2) is 15.0. The lowest BCUT2D eigenvalue weighted by Crippen LogP contribution is -2.35. The van der Waals surface area contributed by atoms with Gasteiger partial charge >= 0.3 is 35.8 Å². The standard InChI is InChI=1S/C18H29N3O10/c19-10(4-6-13(22)23)8-16(27)30-15(26)3-1-2-12(21)18(29)31-17(28)9-11(20)5-7-14(24)25/h10-12H,1-9,19-21H2,(H,22,23)(H,24,25). The summed E-state index contributed by atoms with van der Waals surface area (Å²) in [6.07, 6.45) is -1.21. The molecule has 0 fully saturated rings. The highest BCUT2D eigenvalue weighted by Crippen LogP contribution is 2.07. The Morgan fingerprint density at radius 3 is 1.55 bits per heavy atom. The van der Waals surface area contributed by atoms with E-state index in [1.807, 2.05) is 0 Å². The molecule has 8 N–H and O–H groups in total. The number of rotatable bonds is 15. The zero-order chi connectivity index (χ0) is 24.0. The molecule has 0 amide bonds. The minimum atomic E-state index is -1.20. The van der Waals surface area contributed by atoms with Crippen LogP contribution in [0.5, 0.6) is 0 Å². The number of hydrogen-bond donors (Lipinski definition) is 5. The van der Waals surface area contributed by atoms with Gasteiger partial charge in [-0.25, -0.2) is 4.79 Å². The zero-order valence-electron chi connectivity index (χ0n) is 17.0. The molecule has 13 heteroatoms. The zero-order valence-corrected chi connectivity index (χ0v) is 17.0. The molecule has 0 radical (unpaired) electrons. The van der Waals surface area contributed by atoms with Crippen LogP contribution in [-0.2, 0) is 38.2 Å². The summed E-state index contributed by atoms with van der Waals surface area (Å²) in [5.41, 5.74) is 16.7. The molecule has 176 valence electrons. The van der Waals surface area contributed by atoms with Crippen molar-refractivity contribution in [2.45, 2.75) is 75.9 Å². The van der Waals surface area contributed by atoms with E-state index in [0.29, 0.717) is 0 Å². The van der Waals surface area contributed by atoms with Crippen LogP contribution in [0.4, 0.5) is 0 Å². The summed E-state index contributed by atoms with van der Waals surface area (Å²) in [5, 5.41) is 17.1. The molecule has 0 aliphatic rings. The largest absolute Gasteiger partial charge is 0.481 e. The molecule has 0 saturated carbocycles. The third-order valence-electron chi connectivity index (χ3n) is 3.96. The molecular weight excluding hydrogens is 418 g/mol. The summed E-state index contributed by atoms with van der Waals surface area (Å²) in [6, 6.07) is -2.74. The number of carbonyl (C=O) groups excluding carboxylic acids is 4. The number of ether oxygens (including phenoxy) is 2. The summed E-state index contributed by atoms with van der Waals surface area (Å²) in [5.74, 6) is -5.85. The lowest BCUT2D eigenvalue weighted by atomic mass is 10.1. The van der Waals surface area contributed by atoms with Gasteiger partial charge in [-0.15, -0.1) is 0 Å². The fourth-order valence-corrected chi connectivity index (χ4v) is 2.28. The van der Waals surface area contributed by atoms with Crippen LogP contribution < -0.4 is 17.2 Å². The van der Waals surface area contributed by atoms with Crippen molar-refractivity contribution < 1.29 is 48.5 Å². The summed E-state index contributed by atoms with van der Waals surface area (Å²) >= 11 is 0. The van der Waals surface area contributed by atoms with E-state index in [1.165, 1.54) is 0 Å². The molecular formula is C18H29N3O10. The average molecular weight is 447 g/mol. The fraction of sp³-hybridized carbons (Fsp3) is 0.667. The van der Waals surface area contributed by atoms with Crippen molar-refractivity contribution in [1.29, 1.82) is 0 Å². The van der Waals surface area contributed by atoms with E-state index in [0.717, 1.165) is 0 Å². The SMILES string of the molecule is NC(CCC(=O)O)CC(=O)OC(=O)CCCC(N)C(=O)OC(=O)CC(N)CCC(=O)O. The Morgan fingerprint density at radius 2 is 1.10 bits per heavy atom. The summed E-state index contributed by atoms with van der Waals surface area (Å²) in [4.78, 5) is 67.4. The van der Waals surface area contributed by atoms with Gasteiger partial charge in [-0.1, -0.05) is 0 Å². The molecule has 0 saturated heterocycles. The number of aliphatic carboxylic acids is 2. The Kier molecular flexibility index (Phi) is 13.6. The number of nitrogens with two attached hydrogens (primary N) is 3. The minimum Gasteiger partial charge on any atom is -0.481 e. The summed E-state index contributed by atoms with van der Waals surface area (Å²) < 4.78 is 9.09. The second-order valence-corrected chi connectivity index (χ2v) is 6.93. The highest BCUT2D eigenvalue weighted by molar-refractivity contribution is 5.88. The molecule has 0 rings (SSSR count). The Bertz CT molecular complexity index is 667. The lowest BCUT2D eigenvalue weighted by Gasteiger charge is -2.12. The van der Waals surface area contributed by atoms with E-state index in [9.17, 15) is 28.8 Å². The first kappa shape index (κ1) is 28.1. The van der Waals surface area contributed by atoms with E-state index < -0.39 is 53.9 Å². The molecule has 0 bridgehead atoms. The van der Waals surface area contributed by atoms with Gasteiger partial charge in [-0.2, -0.15) is 0 Å². The highest BCUT2D eigenvalue weighted by Gasteiger charge is 2.22. The van der Waals surface area contributed by atoms with Crippen LogP contribution in [0.15, 0.2) is 0 Å². The maximum absolute atomic E-state index is 11.8. The van der Waals surface area contributed by atoms with Crippen molar-refractivity contribution in [3.05, 3.63) is 0 Å². The lowest BCUT2D eigenvalue weighted by molar-refractivity contribution is -0.163. The van der Waals surface area contributed by atoms with Crippen LogP contribution in [0.1, 0.15) is 57.8 Å². The molecule has 0 spiro atoms. The van der Waals surface area contributed by atoms with E-state index in [4.69, 9.17) is 27.4 Å². The molecule has 31 heavy (non-hydrogen) atoms. The van der Waals surface area contributed by atoms with Crippen LogP contribution in [0, 0.1) is 0 Å². The predicted octanol–water partition coefficient (Wildman–Crippen LogP) is -1.21. The topological polar surface area (TPSA) is 239 Å². The summed E-state index contributed by atoms with van der Waals surface area (Å²) in [6.45, 7) is 0. The second-order valence-electron chi connectivity index (χ2n) is 6.93. The Balaban J connectivity index is 4.10. The first-order chi connectivity index (χ1) is 14.4. The Morgan fingerprint density at radius 1 is 0.645 bits per heavy atom. The smallest absolute Gasteiger partial charge is 0.330 e. The normalized spacial score (nSPS) is 13.5. The van der Waals surface area contributed by atoms with Gasteiger partial charge in [0, 0.05) is 31.3 Å². The number of hydrogen-bond acceptors (Lipinski definition) is 11. The molecule has 0 aromatic heterocycles. The van der Waals surface area contributed by atoms with Gasteiger partial charge in [0.1, 0.15) is 6.04 Å². The first-order valence-electron chi connectivity index (χ1n) is 9.59. The van der Waals surface area contributed by atoms with E-state index in [1.54, 1.807) is 0 Å². The predicted molar refractivity (Wildman–Crippen MR) is 103 cm³/mol. The van der Waals surface area contributed by atoms with Crippen LogP contribution >= 0.6 is 0 Å². The Labute approximate surface area is 178 Å². The van der Waals surface area contributed by atoms with Crippen LogP contribution in [-0.4, -0.2) is 64.2 Å². The number of carboxylic acids is 2. The molecule has 0 heterocycles. The van der Waals surface area contributed by atoms with Crippen molar-refractivity contribution in [2.75, 3.05) is 0 Å². The molecule has 0 aliphatic carbocycles. The van der Waals surface area contributed by atoms with E-state index in [2.05, 4.69) is 9.47 Å².